The topological polar surface area (TPSA) is 17.8 Å². The van der Waals surface area contributed by atoms with E-state index in [1.54, 1.807) is 0 Å². The number of aromatic nitrogens is 2. The molecule has 1 heterocycles. The summed E-state index contributed by atoms with van der Waals surface area (Å²) < 4.78 is 2.02. The van der Waals surface area contributed by atoms with Gasteiger partial charge in [0.2, 0.25) is 0 Å². The molecule has 0 aliphatic heterocycles. The number of alkyl halides is 1. The van der Waals surface area contributed by atoms with Gasteiger partial charge in [-0.15, -0.1) is 0 Å². The van der Waals surface area contributed by atoms with E-state index in [0.29, 0.717) is 4.83 Å². The number of rotatable bonds is 6. The fraction of sp³-hybridized carbons (Fsp3) is 0.438. The Morgan fingerprint density at radius 2 is 2.00 bits per heavy atom. The molecule has 0 fully saturated rings. The minimum Gasteiger partial charge on any atom is -0.268 e. The molecule has 20 heavy (non-hydrogen) atoms. The van der Waals surface area contributed by atoms with Crippen LogP contribution in [0.5, 0.6) is 0 Å². The number of benzene rings is 1. The average molecular weight is 356 g/mol. The van der Waals surface area contributed by atoms with E-state index in [9.17, 15) is 0 Å². The molecule has 0 saturated heterocycles. The molecular formula is C16H20BrClN2. The van der Waals surface area contributed by atoms with Crippen molar-refractivity contribution in [3.63, 3.8) is 0 Å². The van der Waals surface area contributed by atoms with Gasteiger partial charge in [0.1, 0.15) is 0 Å². The van der Waals surface area contributed by atoms with E-state index in [4.69, 9.17) is 11.6 Å². The van der Waals surface area contributed by atoms with Gasteiger partial charge in [-0.2, -0.15) is 5.10 Å². The summed E-state index contributed by atoms with van der Waals surface area (Å²) >= 11 is 10.1. The third kappa shape index (κ3) is 3.64. The van der Waals surface area contributed by atoms with Crippen LogP contribution in [0.2, 0.25) is 5.02 Å². The molecular weight excluding hydrogens is 336 g/mol. The monoisotopic (exact) mass is 354 g/mol. The van der Waals surface area contributed by atoms with Crippen LogP contribution in [0.1, 0.15) is 41.5 Å². The van der Waals surface area contributed by atoms with Gasteiger partial charge in [-0.25, -0.2) is 0 Å². The summed E-state index contributed by atoms with van der Waals surface area (Å²) in [5, 5.41) is 5.29. The van der Waals surface area contributed by atoms with Gasteiger partial charge in [0.25, 0.3) is 0 Å². The second kappa shape index (κ2) is 7.28. The van der Waals surface area contributed by atoms with Crippen LogP contribution in [-0.4, -0.2) is 9.78 Å². The number of nitrogens with zero attached hydrogens (tertiary/aromatic N) is 2. The Morgan fingerprint density at radius 1 is 1.30 bits per heavy atom. The molecule has 0 bridgehead atoms. The minimum absolute atomic E-state index is 0.404. The molecule has 0 amide bonds. The smallest absolute Gasteiger partial charge is 0.0847 e. The predicted molar refractivity (Wildman–Crippen MR) is 88.7 cm³/mol. The Hall–Kier alpha value is -0.800. The quantitative estimate of drug-likeness (QED) is 0.641. The summed E-state index contributed by atoms with van der Waals surface area (Å²) in [5.41, 5.74) is 3.43. The zero-order valence-corrected chi connectivity index (χ0v) is 14.3. The second-order valence-corrected chi connectivity index (χ2v) is 6.42. The van der Waals surface area contributed by atoms with Crippen molar-refractivity contribution in [3.05, 3.63) is 52.3 Å². The Labute approximate surface area is 134 Å². The molecule has 108 valence electrons. The summed E-state index contributed by atoms with van der Waals surface area (Å²) in [7, 11) is 0. The normalized spacial score (nSPS) is 12.6. The molecule has 0 spiro atoms. The minimum atomic E-state index is 0.404. The van der Waals surface area contributed by atoms with E-state index in [0.717, 1.165) is 36.5 Å². The molecule has 2 rings (SSSR count). The summed E-state index contributed by atoms with van der Waals surface area (Å²) in [6.45, 7) is 4.94. The van der Waals surface area contributed by atoms with Crippen molar-refractivity contribution in [1.29, 1.82) is 0 Å². The van der Waals surface area contributed by atoms with Gasteiger partial charge in [0.15, 0.2) is 0 Å². The summed E-state index contributed by atoms with van der Waals surface area (Å²) in [4.78, 5) is 0.404. The first-order chi connectivity index (χ1) is 9.63. The van der Waals surface area contributed by atoms with E-state index < -0.39 is 0 Å². The molecule has 2 aromatic rings. The Balaban J connectivity index is 1.93. The van der Waals surface area contributed by atoms with Gasteiger partial charge in [0, 0.05) is 11.4 Å². The van der Waals surface area contributed by atoms with Crippen molar-refractivity contribution < 1.29 is 0 Å². The lowest BCUT2D eigenvalue weighted by molar-refractivity contribution is 0.598. The van der Waals surface area contributed by atoms with Crippen molar-refractivity contribution >= 4 is 27.5 Å². The van der Waals surface area contributed by atoms with Gasteiger partial charge in [-0.05, 0) is 38.7 Å². The molecule has 1 aromatic heterocycles. The molecule has 4 heteroatoms. The van der Waals surface area contributed by atoms with Crippen LogP contribution in [0.15, 0.2) is 30.3 Å². The zero-order chi connectivity index (χ0) is 14.5. The highest BCUT2D eigenvalue weighted by molar-refractivity contribution is 9.09. The van der Waals surface area contributed by atoms with Crippen LogP contribution in [0.3, 0.4) is 0 Å². The molecule has 0 N–H and O–H groups in total. The lowest BCUT2D eigenvalue weighted by atomic mass is 10.1. The molecule has 1 atom stereocenters. The SMILES string of the molecule is CCn1nc(C)c(Cl)c1CCCC(Br)c1ccccc1. The van der Waals surface area contributed by atoms with Crippen LogP contribution in [0.4, 0.5) is 0 Å². The van der Waals surface area contributed by atoms with Crippen molar-refractivity contribution in [1.82, 2.24) is 9.78 Å². The Bertz CT molecular complexity index is 551. The first kappa shape index (κ1) is 15.6. The lowest BCUT2D eigenvalue weighted by Crippen LogP contribution is -2.03. The van der Waals surface area contributed by atoms with Gasteiger partial charge < -0.3 is 0 Å². The molecule has 1 unspecified atom stereocenters. The maximum absolute atomic E-state index is 6.33. The van der Waals surface area contributed by atoms with Crippen LogP contribution < -0.4 is 0 Å². The third-order valence-electron chi connectivity index (χ3n) is 3.49. The van der Waals surface area contributed by atoms with Crippen molar-refractivity contribution in [2.24, 2.45) is 0 Å². The fourth-order valence-electron chi connectivity index (χ4n) is 2.39. The number of hydrogen-bond acceptors (Lipinski definition) is 1. The first-order valence-electron chi connectivity index (χ1n) is 7.04. The Morgan fingerprint density at radius 3 is 2.65 bits per heavy atom. The zero-order valence-electron chi connectivity index (χ0n) is 11.9. The molecule has 1 aromatic carbocycles. The van der Waals surface area contributed by atoms with Crippen LogP contribution in [0, 0.1) is 6.92 Å². The van der Waals surface area contributed by atoms with E-state index >= 15 is 0 Å². The molecule has 0 saturated carbocycles. The summed E-state index contributed by atoms with van der Waals surface area (Å²) in [5.74, 6) is 0. The molecule has 0 aliphatic carbocycles. The van der Waals surface area contributed by atoms with E-state index in [1.165, 1.54) is 11.3 Å². The Kier molecular flexibility index (Phi) is 5.67. The summed E-state index contributed by atoms with van der Waals surface area (Å²) in [6, 6.07) is 10.5. The average Bonchev–Trinajstić information content (AvgIpc) is 2.75. The maximum Gasteiger partial charge on any atom is 0.0847 e. The van der Waals surface area contributed by atoms with Gasteiger partial charge >= 0.3 is 0 Å². The van der Waals surface area contributed by atoms with Gasteiger partial charge in [-0.3, -0.25) is 4.68 Å². The molecule has 0 radical (unpaired) electrons. The second-order valence-electron chi connectivity index (χ2n) is 4.93. The van der Waals surface area contributed by atoms with Crippen LogP contribution >= 0.6 is 27.5 Å². The van der Waals surface area contributed by atoms with Crippen molar-refractivity contribution in [2.45, 2.75) is 44.5 Å². The first-order valence-corrected chi connectivity index (χ1v) is 8.33. The van der Waals surface area contributed by atoms with Gasteiger partial charge in [0.05, 0.1) is 16.4 Å². The fourth-order valence-corrected chi connectivity index (χ4v) is 3.24. The molecule has 0 aliphatic rings. The van der Waals surface area contributed by atoms with E-state index in [1.807, 2.05) is 17.7 Å². The predicted octanol–water partition coefficient (Wildman–Crippen LogP) is 5.32. The standard InChI is InChI=1S/C16H20BrClN2/c1-3-20-15(16(18)12(2)19-20)11-7-10-14(17)13-8-5-4-6-9-13/h4-6,8-9,14H,3,7,10-11H2,1-2H3. The largest absolute Gasteiger partial charge is 0.268 e. The highest BCUT2D eigenvalue weighted by Crippen LogP contribution is 2.29. The maximum atomic E-state index is 6.33. The van der Waals surface area contributed by atoms with Crippen LogP contribution in [0.25, 0.3) is 0 Å². The summed E-state index contributed by atoms with van der Waals surface area (Å²) in [6.07, 6.45) is 3.16. The van der Waals surface area contributed by atoms with Crippen molar-refractivity contribution in [3.8, 4) is 0 Å². The number of hydrogen-bond donors (Lipinski definition) is 0. The third-order valence-corrected chi connectivity index (χ3v) is 4.96. The highest BCUT2D eigenvalue weighted by Gasteiger charge is 2.13. The lowest BCUT2D eigenvalue weighted by Gasteiger charge is -2.10. The number of aryl methyl sites for hydroxylation is 2. The van der Waals surface area contributed by atoms with E-state index in [-0.39, 0.29) is 0 Å². The van der Waals surface area contributed by atoms with E-state index in [2.05, 4.69) is 52.2 Å². The van der Waals surface area contributed by atoms with Gasteiger partial charge in [-0.1, -0.05) is 57.9 Å². The van der Waals surface area contributed by atoms with Crippen molar-refractivity contribution in [2.75, 3.05) is 0 Å². The number of halogens is 2. The molecule has 2 nitrogen and oxygen atoms in total. The van der Waals surface area contributed by atoms with Crippen LogP contribution in [-0.2, 0) is 13.0 Å². The highest BCUT2D eigenvalue weighted by atomic mass is 79.9.